The molecule has 1 aliphatic heterocycles. The summed E-state index contributed by atoms with van der Waals surface area (Å²) in [5, 5.41) is 0. The van der Waals surface area contributed by atoms with E-state index >= 15 is 0 Å². The summed E-state index contributed by atoms with van der Waals surface area (Å²) >= 11 is 0. The number of hydrogen-bond acceptors (Lipinski definition) is 4. The molecule has 0 spiro atoms. The molecule has 4 heteroatoms. The van der Waals surface area contributed by atoms with Crippen molar-refractivity contribution in [1.82, 2.24) is 4.90 Å². The van der Waals surface area contributed by atoms with Gasteiger partial charge in [-0.25, -0.2) is 0 Å². The molecule has 0 aliphatic carbocycles. The zero-order chi connectivity index (χ0) is 10.9. The van der Waals surface area contributed by atoms with Crippen LogP contribution in [0.5, 0.6) is 0 Å². The van der Waals surface area contributed by atoms with Gasteiger partial charge in [-0.3, -0.25) is 0 Å². The Hall–Kier alpha value is -0.160. The van der Waals surface area contributed by atoms with Gasteiger partial charge >= 0.3 is 0 Å². The molecule has 1 unspecified atom stereocenters. The number of nitrogens with two attached hydrogens (primary N) is 1. The Bertz CT molecular complexity index is 148. The van der Waals surface area contributed by atoms with E-state index in [4.69, 9.17) is 15.2 Å². The lowest BCUT2D eigenvalue weighted by atomic mass is 10.2. The van der Waals surface area contributed by atoms with Crippen LogP contribution in [-0.4, -0.2) is 57.0 Å². The van der Waals surface area contributed by atoms with Crippen LogP contribution in [0.1, 0.15) is 19.8 Å². The molecular weight excluding hydrogens is 192 g/mol. The minimum atomic E-state index is 0.221. The van der Waals surface area contributed by atoms with Crippen molar-refractivity contribution in [2.45, 2.75) is 25.9 Å². The summed E-state index contributed by atoms with van der Waals surface area (Å²) in [6.45, 7) is 8.42. The van der Waals surface area contributed by atoms with E-state index in [-0.39, 0.29) is 6.10 Å². The van der Waals surface area contributed by atoms with E-state index in [2.05, 4.69) is 4.90 Å². The first-order valence-electron chi connectivity index (χ1n) is 5.98. The maximum atomic E-state index is 5.64. The fourth-order valence-electron chi connectivity index (χ4n) is 1.85. The first-order chi connectivity index (χ1) is 7.36. The third-order valence-corrected chi connectivity index (χ3v) is 2.75. The van der Waals surface area contributed by atoms with Crippen molar-refractivity contribution < 1.29 is 9.47 Å². The van der Waals surface area contributed by atoms with Crippen LogP contribution >= 0.6 is 0 Å². The van der Waals surface area contributed by atoms with E-state index in [1.54, 1.807) is 0 Å². The van der Waals surface area contributed by atoms with Crippen LogP contribution in [0.2, 0.25) is 0 Å². The van der Waals surface area contributed by atoms with Gasteiger partial charge in [-0.15, -0.1) is 0 Å². The van der Waals surface area contributed by atoms with Crippen LogP contribution in [0, 0.1) is 0 Å². The number of ether oxygens (including phenoxy) is 2. The molecule has 1 heterocycles. The van der Waals surface area contributed by atoms with E-state index < -0.39 is 0 Å². The first-order valence-corrected chi connectivity index (χ1v) is 5.98. The molecule has 15 heavy (non-hydrogen) atoms. The quantitative estimate of drug-likeness (QED) is 0.701. The van der Waals surface area contributed by atoms with Gasteiger partial charge in [-0.1, -0.05) is 0 Å². The van der Waals surface area contributed by atoms with E-state index in [1.165, 1.54) is 0 Å². The summed E-state index contributed by atoms with van der Waals surface area (Å²) in [6, 6.07) is 0. The summed E-state index contributed by atoms with van der Waals surface area (Å²) in [4.78, 5) is 2.44. The molecule has 0 aromatic carbocycles. The average Bonchev–Trinajstić information content (AvgIpc) is 2.52. The Morgan fingerprint density at radius 2 is 2.27 bits per heavy atom. The molecule has 1 saturated heterocycles. The van der Waals surface area contributed by atoms with Gasteiger partial charge in [0.25, 0.3) is 0 Å². The molecule has 90 valence electrons. The van der Waals surface area contributed by atoms with E-state index in [9.17, 15) is 0 Å². The second kappa shape index (κ2) is 8.05. The van der Waals surface area contributed by atoms with E-state index in [0.717, 1.165) is 52.3 Å². The molecule has 4 nitrogen and oxygen atoms in total. The summed E-state index contributed by atoms with van der Waals surface area (Å²) in [6.07, 6.45) is 2.39. The lowest BCUT2D eigenvalue weighted by molar-refractivity contribution is 0.0538. The maximum absolute atomic E-state index is 5.64. The van der Waals surface area contributed by atoms with Gasteiger partial charge in [0.2, 0.25) is 0 Å². The Kier molecular flexibility index (Phi) is 6.92. The molecule has 0 amide bonds. The molecule has 1 aliphatic rings. The number of nitrogens with zero attached hydrogens (tertiary/aromatic N) is 1. The monoisotopic (exact) mass is 216 g/mol. The highest BCUT2D eigenvalue weighted by Crippen LogP contribution is 2.03. The van der Waals surface area contributed by atoms with Gasteiger partial charge in [-0.2, -0.15) is 0 Å². The van der Waals surface area contributed by atoms with Gasteiger partial charge in [0.1, 0.15) is 0 Å². The van der Waals surface area contributed by atoms with Crippen molar-refractivity contribution in [3.05, 3.63) is 0 Å². The summed E-state index contributed by atoms with van der Waals surface area (Å²) in [7, 11) is 0. The molecule has 1 rings (SSSR count). The standard InChI is InChI=1S/C11H24N2O2/c1-2-15-11(10-12)4-6-13-5-3-8-14-9-7-13/h11H,2-10,12H2,1H3. The lowest BCUT2D eigenvalue weighted by Gasteiger charge is -2.22. The third kappa shape index (κ3) is 5.47. The second-order valence-corrected chi connectivity index (χ2v) is 3.91. The highest BCUT2D eigenvalue weighted by molar-refractivity contribution is 4.66. The van der Waals surface area contributed by atoms with Crippen LogP contribution in [-0.2, 0) is 9.47 Å². The van der Waals surface area contributed by atoms with Crippen molar-refractivity contribution in [2.75, 3.05) is 46.0 Å². The van der Waals surface area contributed by atoms with E-state index in [1.807, 2.05) is 6.92 Å². The molecule has 1 atom stereocenters. The smallest absolute Gasteiger partial charge is 0.0709 e. The summed E-state index contributed by atoms with van der Waals surface area (Å²) < 4.78 is 10.9. The predicted octanol–water partition coefficient (Wildman–Crippen LogP) is 0.463. The minimum absolute atomic E-state index is 0.221. The Morgan fingerprint density at radius 3 is 3.00 bits per heavy atom. The lowest BCUT2D eigenvalue weighted by Crippen LogP contribution is -2.33. The fraction of sp³-hybridized carbons (Fsp3) is 1.00. The van der Waals surface area contributed by atoms with Crippen molar-refractivity contribution in [1.29, 1.82) is 0 Å². The topological polar surface area (TPSA) is 47.7 Å². The molecule has 1 fully saturated rings. The van der Waals surface area contributed by atoms with Crippen molar-refractivity contribution >= 4 is 0 Å². The maximum Gasteiger partial charge on any atom is 0.0709 e. The molecule has 0 radical (unpaired) electrons. The van der Waals surface area contributed by atoms with Gasteiger partial charge in [0, 0.05) is 39.4 Å². The van der Waals surface area contributed by atoms with Crippen LogP contribution in [0.4, 0.5) is 0 Å². The van der Waals surface area contributed by atoms with Gasteiger partial charge < -0.3 is 20.1 Å². The third-order valence-electron chi connectivity index (χ3n) is 2.75. The second-order valence-electron chi connectivity index (χ2n) is 3.91. The average molecular weight is 216 g/mol. The van der Waals surface area contributed by atoms with Crippen molar-refractivity contribution in [3.63, 3.8) is 0 Å². The molecule has 0 saturated carbocycles. The highest BCUT2D eigenvalue weighted by atomic mass is 16.5. The predicted molar refractivity (Wildman–Crippen MR) is 61.0 cm³/mol. The Morgan fingerprint density at radius 1 is 1.40 bits per heavy atom. The molecule has 0 aromatic rings. The zero-order valence-corrected chi connectivity index (χ0v) is 9.78. The van der Waals surface area contributed by atoms with E-state index in [0.29, 0.717) is 6.54 Å². The van der Waals surface area contributed by atoms with Gasteiger partial charge in [-0.05, 0) is 19.8 Å². The number of rotatable bonds is 6. The largest absolute Gasteiger partial charge is 0.380 e. The molecular formula is C11H24N2O2. The molecule has 0 aromatic heterocycles. The molecule has 2 N–H and O–H groups in total. The van der Waals surface area contributed by atoms with Crippen molar-refractivity contribution in [2.24, 2.45) is 5.73 Å². The van der Waals surface area contributed by atoms with Crippen LogP contribution in [0.25, 0.3) is 0 Å². The number of hydrogen-bond donors (Lipinski definition) is 1. The normalized spacial score (nSPS) is 21.2. The minimum Gasteiger partial charge on any atom is -0.380 e. The Balaban J connectivity index is 2.15. The van der Waals surface area contributed by atoms with Gasteiger partial charge in [0.15, 0.2) is 0 Å². The summed E-state index contributed by atoms with van der Waals surface area (Å²) in [5.41, 5.74) is 5.64. The van der Waals surface area contributed by atoms with Crippen LogP contribution in [0.15, 0.2) is 0 Å². The first kappa shape index (κ1) is 12.9. The van der Waals surface area contributed by atoms with Gasteiger partial charge in [0.05, 0.1) is 12.7 Å². The van der Waals surface area contributed by atoms with Crippen molar-refractivity contribution in [3.8, 4) is 0 Å². The fourth-order valence-corrected chi connectivity index (χ4v) is 1.85. The highest BCUT2D eigenvalue weighted by Gasteiger charge is 2.12. The summed E-state index contributed by atoms with van der Waals surface area (Å²) in [5.74, 6) is 0. The Labute approximate surface area is 92.7 Å². The van der Waals surface area contributed by atoms with Crippen LogP contribution in [0.3, 0.4) is 0 Å². The van der Waals surface area contributed by atoms with Crippen LogP contribution < -0.4 is 5.73 Å². The molecule has 0 bridgehead atoms. The zero-order valence-electron chi connectivity index (χ0n) is 9.78. The SMILES string of the molecule is CCOC(CN)CCN1CCCOCC1.